The molecule has 1 amide bonds. The highest BCUT2D eigenvalue weighted by Crippen LogP contribution is 2.17. The van der Waals surface area contributed by atoms with Crippen molar-refractivity contribution in [2.45, 2.75) is 39.2 Å². The van der Waals surface area contributed by atoms with Gasteiger partial charge in [-0.1, -0.05) is 32.0 Å². The minimum absolute atomic E-state index is 0.0684. The van der Waals surface area contributed by atoms with Gasteiger partial charge in [-0.15, -0.1) is 0 Å². The van der Waals surface area contributed by atoms with Crippen molar-refractivity contribution in [2.75, 3.05) is 39.3 Å². The van der Waals surface area contributed by atoms with E-state index in [-0.39, 0.29) is 19.0 Å². The smallest absolute Gasteiger partial charge is 0.270 e. The fraction of sp³-hybridized carbons (Fsp3) is 0.448. The summed E-state index contributed by atoms with van der Waals surface area (Å²) in [5.74, 6) is -0.121. The monoisotopic (exact) mass is 541 g/mol. The van der Waals surface area contributed by atoms with Gasteiger partial charge in [-0.25, -0.2) is 13.5 Å². The molecule has 3 aromatic rings. The van der Waals surface area contributed by atoms with Crippen molar-refractivity contribution in [3.8, 4) is 11.4 Å². The quantitative estimate of drug-likeness (QED) is 0.343. The predicted molar refractivity (Wildman–Crippen MR) is 145 cm³/mol. The summed E-state index contributed by atoms with van der Waals surface area (Å²) < 4.78 is 35.4. The van der Waals surface area contributed by atoms with Crippen LogP contribution in [-0.4, -0.2) is 82.3 Å². The van der Waals surface area contributed by atoms with Gasteiger partial charge < -0.3 is 15.2 Å². The third kappa shape index (κ3) is 8.32. The van der Waals surface area contributed by atoms with E-state index >= 15 is 4.39 Å². The Labute approximate surface area is 228 Å². The van der Waals surface area contributed by atoms with Crippen LogP contribution in [0.5, 0.6) is 5.75 Å². The zero-order chi connectivity index (χ0) is 27.8. The van der Waals surface area contributed by atoms with Crippen LogP contribution in [0, 0.1) is 11.7 Å². The number of carbonyl (C=O) groups excluding carboxylic acids is 1. The first-order valence-corrected chi connectivity index (χ1v) is 13.4. The van der Waals surface area contributed by atoms with E-state index in [4.69, 9.17) is 4.74 Å². The highest BCUT2D eigenvalue weighted by atomic mass is 19.1. The van der Waals surface area contributed by atoms with Gasteiger partial charge in [-0.05, 0) is 54.8 Å². The average molecular weight is 542 g/mol. The molecule has 2 heterocycles. The largest absolute Gasteiger partial charge is 0.491 e. The van der Waals surface area contributed by atoms with Gasteiger partial charge in [0.1, 0.15) is 24.3 Å². The number of rotatable bonds is 12. The van der Waals surface area contributed by atoms with Gasteiger partial charge in [0.05, 0.1) is 17.9 Å². The van der Waals surface area contributed by atoms with E-state index in [0.717, 1.165) is 17.8 Å². The number of piperazine rings is 1. The van der Waals surface area contributed by atoms with Crippen molar-refractivity contribution in [1.82, 2.24) is 24.9 Å². The number of nitrogens with zero attached hydrogens (tertiary/aromatic N) is 4. The minimum Gasteiger partial charge on any atom is -0.491 e. The molecule has 2 atom stereocenters. The van der Waals surface area contributed by atoms with E-state index in [1.807, 2.05) is 46.0 Å². The van der Waals surface area contributed by atoms with Crippen molar-refractivity contribution < 1.29 is 23.4 Å². The number of hydrogen-bond acceptors (Lipinski definition) is 6. The fourth-order valence-electron chi connectivity index (χ4n) is 4.59. The molecule has 1 aromatic heterocycles. The van der Waals surface area contributed by atoms with Crippen LogP contribution in [0.15, 0.2) is 60.7 Å². The van der Waals surface area contributed by atoms with E-state index in [2.05, 4.69) is 24.3 Å². The highest BCUT2D eigenvalue weighted by molar-refractivity contribution is 5.80. The molecule has 0 aliphatic carbocycles. The van der Waals surface area contributed by atoms with Gasteiger partial charge in [0.25, 0.3) is 5.91 Å². The molecule has 8 nitrogen and oxygen atoms in total. The Morgan fingerprint density at radius 3 is 2.44 bits per heavy atom. The van der Waals surface area contributed by atoms with Crippen LogP contribution in [0.2, 0.25) is 0 Å². The van der Waals surface area contributed by atoms with Gasteiger partial charge in [0.2, 0.25) is 6.30 Å². The summed E-state index contributed by atoms with van der Waals surface area (Å²) in [6.07, 6.45) is -1.67. The molecular formula is C29H37F2N5O3. The van der Waals surface area contributed by atoms with Gasteiger partial charge >= 0.3 is 0 Å². The Bertz CT molecular complexity index is 1180. The number of hydrogen-bond donors (Lipinski definition) is 2. The normalized spacial score (nSPS) is 16.3. The second-order valence-electron chi connectivity index (χ2n) is 10.3. The van der Waals surface area contributed by atoms with Crippen LogP contribution in [0.3, 0.4) is 0 Å². The standard InChI is InChI=1S/C29H37F2N5O3/c1-21(2)16-25-17-23(33-36(25)24-6-4-3-5-7-24)18-32-29(38)28(31)35-14-12-34(13-15-35)19-26(37)20-39-27-10-8-22(30)9-11-27/h3-11,17,21,26,28,37H,12-16,18-20H2,1-2H3,(H,32,38)/t26?,28-/m0/s1. The van der Waals surface area contributed by atoms with Gasteiger partial charge in [0.15, 0.2) is 0 Å². The van der Waals surface area contributed by atoms with Gasteiger partial charge in [-0.3, -0.25) is 14.6 Å². The van der Waals surface area contributed by atoms with Crippen LogP contribution in [-0.2, 0) is 17.8 Å². The number of alkyl halides is 1. The average Bonchev–Trinajstić information content (AvgIpc) is 3.33. The molecule has 1 aliphatic rings. The summed E-state index contributed by atoms with van der Waals surface area (Å²) in [5, 5.41) is 17.7. The first-order valence-electron chi connectivity index (χ1n) is 13.4. The Morgan fingerprint density at radius 2 is 1.77 bits per heavy atom. The predicted octanol–water partition coefficient (Wildman–Crippen LogP) is 3.18. The van der Waals surface area contributed by atoms with E-state index in [0.29, 0.717) is 50.1 Å². The van der Waals surface area contributed by atoms with Crippen LogP contribution >= 0.6 is 0 Å². The number of benzene rings is 2. The number of nitrogens with one attached hydrogen (secondary N) is 1. The first-order chi connectivity index (χ1) is 18.8. The van der Waals surface area contributed by atoms with Crippen LogP contribution < -0.4 is 10.1 Å². The summed E-state index contributed by atoms with van der Waals surface area (Å²) in [7, 11) is 0. The number of aromatic nitrogens is 2. The van der Waals surface area contributed by atoms with Crippen molar-refractivity contribution in [2.24, 2.45) is 5.92 Å². The van der Waals surface area contributed by atoms with E-state index < -0.39 is 18.3 Å². The lowest BCUT2D eigenvalue weighted by molar-refractivity contribution is -0.134. The van der Waals surface area contributed by atoms with Crippen LogP contribution in [0.1, 0.15) is 25.2 Å². The minimum atomic E-state index is -1.76. The molecule has 0 radical (unpaired) electrons. The maximum absolute atomic E-state index is 15.0. The summed E-state index contributed by atoms with van der Waals surface area (Å²) in [4.78, 5) is 16.1. The summed E-state index contributed by atoms with van der Waals surface area (Å²) in [6, 6.07) is 17.4. The highest BCUT2D eigenvalue weighted by Gasteiger charge is 2.29. The molecule has 1 aliphatic heterocycles. The molecule has 0 saturated carbocycles. The van der Waals surface area contributed by atoms with Crippen LogP contribution in [0.4, 0.5) is 8.78 Å². The number of β-amino-alcohol motifs (C(OH)–C–C–N with tert-alkyl or cyclic N) is 1. The van der Waals surface area contributed by atoms with Gasteiger partial charge in [-0.2, -0.15) is 5.10 Å². The summed E-state index contributed by atoms with van der Waals surface area (Å²) in [5.41, 5.74) is 2.66. The van der Waals surface area contributed by atoms with E-state index in [9.17, 15) is 14.3 Å². The summed E-state index contributed by atoms with van der Waals surface area (Å²) in [6.45, 7) is 6.61. The van der Waals surface area contributed by atoms with Gasteiger partial charge in [0, 0.05) is 38.4 Å². The van der Waals surface area contributed by atoms with E-state index in [1.54, 1.807) is 0 Å². The van der Waals surface area contributed by atoms with Crippen molar-refractivity contribution in [1.29, 1.82) is 0 Å². The topological polar surface area (TPSA) is 82.9 Å². The lowest BCUT2D eigenvalue weighted by Gasteiger charge is -2.36. The van der Waals surface area contributed by atoms with E-state index in [1.165, 1.54) is 29.2 Å². The molecule has 0 spiro atoms. The molecule has 2 aromatic carbocycles. The lowest BCUT2D eigenvalue weighted by Crippen LogP contribution is -2.54. The third-order valence-electron chi connectivity index (χ3n) is 6.56. The number of ether oxygens (including phenoxy) is 1. The molecule has 0 bridgehead atoms. The van der Waals surface area contributed by atoms with Crippen molar-refractivity contribution in [3.63, 3.8) is 0 Å². The Morgan fingerprint density at radius 1 is 1.08 bits per heavy atom. The molecule has 10 heteroatoms. The molecule has 4 rings (SSSR count). The SMILES string of the molecule is CC(C)Cc1cc(CNC(=O)[C@@H](F)N2CCN(CC(O)COc3ccc(F)cc3)CC2)nn1-c1ccccc1. The third-order valence-corrected chi connectivity index (χ3v) is 6.56. The molecule has 1 unspecified atom stereocenters. The summed E-state index contributed by atoms with van der Waals surface area (Å²) >= 11 is 0. The zero-order valence-electron chi connectivity index (χ0n) is 22.5. The molecule has 1 fully saturated rings. The lowest BCUT2D eigenvalue weighted by atomic mass is 10.1. The molecule has 210 valence electrons. The maximum atomic E-state index is 15.0. The van der Waals surface area contributed by atoms with Crippen molar-refractivity contribution in [3.05, 3.63) is 77.9 Å². The Balaban J connectivity index is 1.22. The molecule has 1 saturated heterocycles. The zero-order valence-corrected chi connectivity index (χ0v) is 22.5. The Hall–Kier alpha value is -3.34. The second kappa shape index (κ2) is 13.6. The van der Waals surface area contributed by atoms with Crippen LogP contribution in [0.25, 0.3) is 5.69 Å². The second-order valence-corrected chi connectivity index (χ2v) is 10.3. The number of aliphatic hydroxyl groups is 1. The fourth-order valence-corrected chi connectivity index (χ4v) is 4.59. The Kier molecular flexibility index (Phi) is 10.0. The number of para-hydroxylation sites is 1. The number of amides is 1. The molecular weight excluding hydrogens is 504 g/mol. The maximum Gasteiger partial charge on any atom is 0.270 e. The molecule has 39 heavy (non-hydrogen) atoms. The molecule has 2 N–H and O–H groups in total. The number of carbonyl (C=O) groups is 1. The first kappa shape index (κ1) is 28.7. The van der Waals surface area contributed by atoms with Crippen molar-refractivity contribution >= 4 is 5.91 Å². The number of halogens is 2. The number of aliphatic hydroxyl groups excluding tert-OH is 1.